The quantitative estimate of drug-likeness (QED) is 0.365. The van der Waals surface area contributed by atoms with Crippen molar-refractivity contribution in [3.63, 3.8) is 0 Å². The first-order valence-corrected chi connectivity index (χ1v) is 4.23. The maximum absolute atomic E-state index is 11.1. The molecule has 1 rings (SSSR count). The number of ether oxygens (including phenoxy) is 1. The van der Waals surface area contributed by atoms with Gasteiger partial charge in [0.1, 0.15) is 0 Å². The van der Waals surface area contributed by atoms with Crippen LogP contribution in [0.25, 0.3) is 0 Å². The Kier molecular flexibility index (Phi) is 3.48. The monoisotopic (exact) mass is 188 g/mol. The van der Waals surface area contributed by atoms with Gasteiger partial charge in [-0.2, -0.15) is 0 Å². The van der Waals surface area contributed by atoms with E-state index < -0.39 is 17.7 Å². The first kappa shape index (κ1) is 9.76. The highest BCUT2D eigenvalue weighted by Gasteiger charge is 2.18. The number of piperidine rings is 1. The van der Waals surface area contributed by atoms with Gasteiger partial charge in [0.05, 0.1) is 4.92 Å². The first-order valence-electron chi connectivity index (χ1n) is 4.23. The minimum Gasteiger partial charge on any atom is -0.384 e. The molecule has 1 heterocycles. The normalized spacial score (nSPS) is 16.8. The first-order chi connectivity index (χ1) is 6.20. The largest absolute Gasteiger partial charge is 0.414 e. The van der Waals surface area contributed by atoms with E-state index in [1.807, 2.05) is 0 Å². The van der Waals surface area contributed by atoms with Crippen molar-refractivity contribution < 1.29 is 14.5 Å². The zero-order chi connectivity index (χ0) is 9.68. The minimum atomic E-state index is -0.741. The molecular formula is C7H12N2O4. The molecule has 0 aromatic carbocycles. The third-order valence-corrected chi connectivity index (χ3v) is 1.91. The highest BCUT2D eigenvalue weighted by molar-refractivity contribution is 5.67. The van der Waals surface area contributed by atoms with Crippen LogP contribution < -0.4 is 0 Å². The summed E-state index contributed by atoms with van der Waals surface area (Å²) < 4.78 is 4.43. The molecule has 0 atom stereocenters. The van der Waals surface area contributed by atoms with Gasteiger partial charge in [0, 0.05) is 13.1 Å². The lowest BCUT2D eigenvalue weighted by atomic mass is 10.1. The Hall–Kier alpha value is -1.33. The highest BCUT2D eigenvalue weighted by Crippen LogP contribution is 2.09. The van der Waals surface area contributed by atoms with Crippen LogP contribution in [0.5, 0.6) is 0 Å². The second kappa shape index (κ2) is 4.64. The molecule has 0 spiro atoms. The van der Waals surface area contributed by atoms with E-state index in [9.17, 15) is 14.9 Å². The summed E-state index contributed by atoms with van der Waals surface area (Å²) >= 11 is 0. The number of hydrogen-bond acceptors (Lipinski definition) is 4. The SMILES string of the molecule is O=C(OC[N+](=O)[O-])N1CCCCC1. The van der Waals surface area contributed by atoms with Gasteiger partial charge >= 0.3 is 12.8 Å². The zero-order valence-corrected chi connectivity index (χ0v) is 7.27. The topological polar surface area (TPSA) is 72.7 Å². The fourth-order valence-electron chi connectivity index (χ4n) is 1.28. The van der Waals surface area contributed by atoms with Crippen LogP contribution in [0.1, 0.15) is 19.3 Å². The van der Waals surface area contributed by atoms with Gasteiger partial charge in [-0.15, -0.1) is 0 Å². The Balaban J connectivity index is 2.25. The molecule has 74 valence electrons. The molecule has 0 bridgehead atoms. The van der Waals surface area contributed by atoms with Crippen molar-refractivity contribution in [1.82, 2.24) is 4.90 Å². The molecule has 1 saturated heterocycles. The van der Waals surface area contributed by atoms with Gasteiger partial charge < -0.3 is 9.64 Å². The van der Waals surface area contributed by atoms with E-state index >= 15 is 0 Å². The Morgan fingerprint density at radius 1 is 1.38 bits per heavy atom. The van der Waals surface area contributed by atoms with Crippen molar-refractivity contribution in [2.24, 2.45) is 0 Å². The molecule has 13 heavy (non-hydrogen) atoms. The van der Waals surface area contributed by atoms with E-state index in [4.69, 9.17) is 0 Å². The van der Waals surface area contributed by atoms with Crippen LogP contribution in [-0.2, 0) is 4.74 Å². The van der Waals surface area contributed by atoms with E-state index in [-0.39, 0.29) is 0 Å². The minimum absolute atomic E-state index is 0.573. The van der Waals surface area contributed by atoms with Crippen molar-refractivity contribution in [2.75, 3.05) is 19.8 Å². The predicted octanol–water partition coefficient (Wildman–Crippen LogP) is 0.843. The van der Waals surface area contributed by atoms with E-state index in [1.165, 1.54) is 4.90 Å². The highest BCUT2D eigenvalue weighted by atomic mass is 16.7. The summed E-state index contributed by atoms with van der Waals surface area (Å²) in [6.45, 7) is 0.558. The average Bonchev–Trinajstić information content (AvgIpc) is 2.15. The number of hydrogen-bond donors (Lipinski definition) is 0. The van der Waals surface area contributed by atoms with Crippen molar-refractivity contribution in [1.29, 1.82) is 0 Å². The van der Waals surface area contributed by atoms with Crippen LogP contribution >= 0.6 is 0 Å². The maximum atomic E-state index is 11.1. The number of rotatable bonds is 2. The third kappa shape index (κ3) is 3.27. The van der Waals surface area contributed by atoms with Gasteiger partial charge in [-0.05, 0) is 19.3 Å². The van der Waals surface area contributed by atoms with Crippen molar-refractivity contribution in [2.45, 2.75) is 19.3 Å². The van der Waals surface area contributed by atoms with Crippen molar-refractivity contribution in [3.05, 3.63) is 10.1 Å². The fourth-order valence-corrected chi connectivity index (χ4v) is 1.28. The number of amides is 1. The molecule has 1 aliphatic rings. The molecular weight excluding hydrogens is 176 g/mol. The number of carbonyl (C=O) groups excluding carboxylic acids is 1. The molecule has 1 amide bonds. The Morgan fingerprint density at radius 2 is 2.00 bits per heavy atom. The van der Waals surface area contributed by atoms with Crippen LogP contribution in [0, 0.1) is 10.1 Å². The maximum Gasteiger partial charge on any atom is 0.414 e. The van der Waals surface area contributed by atoms with Gasteiger partial charge in [-0.1, -0.05) is 0 Å². The molecule has 0 radical (unpaired) electrons. The summed E-state index contributed by atoms with van der Waals surface area (Å²) in [5.74, 6) is 0. The number of likely N-dealkylation sites (tertiary alicyclic amines) is 1. The molecule has 6 heteroatoms. The second-order valence-electron chi connectivity index (χ2n) is 2.92. The van der Waals surface area contributed by atoms with E-state index in [1.54, 1.807) is 0 Å². The third-order valence-electron chi connectivity index (χ3n) is 1.91. The Labute approximate surface area is 75.6 Å². The molecule has 6 nitrogen and oxygen atoms in total. The van der Waals surface area contributed by atoms with E-state index in [2.05, 4.69) is 4.74 Å². The molecule has 0 saturated carbocycles. The number of nitrogens with zero attached hydrogens (tertiary/aromatic N) is 2. The summed E-state index contributed by atoms with van der Waals surface area (Å²) in [7, 11) is 0. The van der Waals surface area contributed by atoms with Gasteiger partial charge in [-0.3, -0.25) is 10.1 Å². The van der Waals surface area contributed by atoms with Crippen LogP contribution in [0.3, 0.4) is 0 Å². The predicted molar refractivity (Wildman–Crippen MR) is 43.8 cm³/mol. The summed E-state index contributed by atoms with van der Waals surface area (Å²) in [5.41, 5.74) is 0. The number of nitro groups is 1. The summed E-state index contributed by atoms with van der Waals surface area (Å²) in [6.07, 6.45) is 2.44. The fraction of sp³-hybridized carbons (Fsp3) is 0.857. The standard InChI is InChI=1S/C7H12N2O4/c10-7(13-6-9(11)12)8-4-2-1-3-5-8/h1-6H2. The van der Waals surface area contributed by atoms with Gasteiger partial charge in [-0.25, -0.2) is 4.79 Å². The lowest BCUT2D eigenvalue weighted by Crippen LogP contribution is -2.36. The van der Waals surface area contributed by atoms with Gasteiger partial charge in [0.15, 0.2) is 0 Å². The molecule has 1 fully saturated rings. The molecule has 0 aromatic heterocycles. The van der Waals surface area contributed by atoms with E-state index in [0.717, 1.165) is 19.3 Å². The van der Waals surface area contributed by atoms with Gasteiger partial charge in [0.2, 0.25) is 0 Å². The molecule has 0 unspecified atom stereocenters. The molecule has 1 aliphatic heterocycles. The summed E-state index contributed by atoms with van der Waals surface area (Å²) in [4.78, 5) is 21.8. The molecule has 0 aromatic rings. The lowest BCUT2D eigenvalue weighted by molar-refractivity contribution is -0.518. The van der Waals surface area contributed by atoms with Gasteiger partial charge in [0.25, 0.3) is 0 Å². The smallest absolute Gasteiger partial charge is 0.384 e. The lowest BCUT2D eigenvalue weighted by Gasteiger charge is -2.24. The molecule has 0 aliphatic carbocycles. The van der Waals surface area contributed by atoms with Crippen LogP contribution in [0.15, 0.2) is 0 Å². The second-order valence-corrected chi connectivity index (χ2v) is 2.92. The summed E-state index contributed by atoms with van der Waals surface area (Å²) in [6, 6.07) is 0. The van der Waals surface area contributed by atoms with Crippen molar-refractivity contribution >= 4 is 6.09 Å². The van der Waals surface area contributed by atoms with E-state index in [0.29, 0.717) is 13.1 Å². The summed E-state index contributed by atoms with van der Waals surface area (Å²) in [5, 5.41) is 9.90. The average molecular weight is 188 g/mol. The van der Waals surface area contributed by atoms with Crippen LogP contribution in [0.4, 0.5) is 4.79 Å². The zero-order valence-electron chi connectivity index (χ0n) is 7.27. The Morgan fingerprint density at radius 3 is 2.54 bits per heavy atom. The van der Waals surface area contributed by atoms with Crippen LogP contribution in [0.2, 0.25) is 0 Å². The number of carbonyl (C=O) groups is 1. The van der Waals surface area contributed by atoms with Crippen molar-refractivity contribution in [3.8, 4) is 0 Å². The Bertz CT molecular complexity index is 201. The van der Waals surface area contributed by atoms with Crippen LogP contribution in [-0.4, -0.2) is 35.7 Å². The molecule has 0 N–H and O–H groups in total.